The van der Waals surface area contributed by atoms with Crippen LogP contribution in [0.1, 0.15) is 39.4 Å². The van der Waals surface area contributed by atoms with E-state index in [9.17, 15) is 0 Å². The summed E-state index contributed by atoms with van der Waals surface area (Å²) in [5.41, 5.74) is 0.904. The molecule has 0 radical (unpaired) electrons. The molecule has 2 aromatic heterocycles. The monoisotopic (exact) mass is 218 g/mol. The largest absolute Gasteiger partial charge is 0.367 e. The van der Waals surface area contributed by atoms with Crippen molar-refractivity contribution in [2.75, 3.05) is 5.32 Å². The van der Waals surface area contributed by atoms with Crippen molar-refractivity contribution in [2.45, 2.75) is 39.7 Å². The Morgan fingerprint density at radius 1 is 1.19 bits per heavy atom. The van der Waals surface area contributed by atoms with Crippen LogP contribution >= 0.6 is 0 Å². The molecule has 4 heteroatoms. The highest BCUT2D eigenvalue weighted by Gasteiger charge is 2.11. The Bertz CT molecular complexity index is 485. The maximum Gasteiger partial charge on any atom is 0.143 e. The second-order valence-electron chi connectivity index (χ2n) is 4.62. The van der Waals surface area contributed by atoms with E-state index in [1.54, 1.807) is 0 Å². The number of aromatic nitrogens is 3. The summed E-state index contributed by atoms with van der Waals surface area (Å²) < 4.78 is 0. The number of aromatic amines is 1. The Labute approximate surface area is 95.5 Å². The van der Waals surface area contributed by atoms with Gasteiger partial charge in [-0.1, -0.05) is 13.8 Å². The van der Waals surface area contributed by atoms with Crippen molar-refractivity contribution in [1.82, 2.24) is 15.0 Å². The lowest BCUT2D eigenvalue weighted by atomic mass is 10.2. The summed E-state index contributed by atoms with van der Waals surface area (Å²) in [6.45, 7) is 8.41. The predicted octanol–water partition coefficient (Wildman–Crippen LogP) is 2.90. The van der Waals surface area contributed by atoms with Crippen molar-refractivity contribution in [1.29, 1.82) is 0 Å². The van der Waals surface area contributed by atoms with Gasteiger partial charge in [-0.3, -0.25) is 0 Å². The van der Waals surface area contributed by atoms with Crippen LogP contribution in [-0.4, -0.2) is 21.0 Å². The van der Waals surface area contributed by atoms with E-state index in [4.69, 9.17) is 0 Å². The lowest BCUT2D eigenvalue weighted by Crippen LogP contribution is -2.13. The van der Waals surface area contributed by atoms with Crippen LogP contribution < -0.4 is 5.32 Å². The van der Waals surface area contributed by atoms with E-state index in [1.807, 2.05) is 12.3 Å². The molecule has 0 aliphatic heterocycles. The number of anilines is 1. The zero-order valence-corrected chi connectivity index (χ0v) is 10.2. The van der Waals surface area contributed by atoms with Gasteiger partial charge in [0.2, 0.25) is 0 Å². The van der Waals surface area contributed by atoms with Crippen LogP contribution in [0.5, 0.6) is 0 Å². The lowest BCUT2D eigenvalue weighted by molar-refractivity contribution is 0.777. The minimum atomic E-state index is 0.334. The Kier molecular flexibility index (Phi) is 2.81. The van der Waals surface area contributed by atoms with Crippen molar-refractivity contribution >= 4 is 16.9 Å². The van der Waals surface area contributed by atoms with E-state index >= 15 is 0 Å². The molecular formula is C12H18N4. The summed E-state index contributed by atoms with van der Waals surface area (Å²) in [6.07, 6.45) is 1.90. The molecule has 0 bridgehead atoms. The molecule has 0 unspecified atom stereocenters. The van der Waals surface area contributed by atoms with Crippen molar-refractivity contribution in [2.24, 2.45) is 0 Å². The summed E-state index contributed by atoms with van der Waals surface area (Å²) in [5, 5.41) is 4.41. The Morgan fingerprint density at radius 2 is 1.94 bits per heavy atom. The number of nitrogens with one attached hydrogen (secondary N) is 2. The van der Waals surface area contributed by atoms with Gasteiger partial charge in [0.25, 0.3) is 0 Å². The maximum atomic E-state index is 4.57. The second-order valence-corrected chi connectivity index (χ2v) is 4.62. The van der Waals surface area contributed by atoms with Crippen LogP contribution in [0.25, 0.3) is 11.0 Å². The molecule has 0 atom stereocenters. The first kappa shape index (κ1) is 10.9. The highest BCUT2D eigenvalue weighted by atomic mass is 15.1. The number of rotatable bonds is 3. The summed E-state index contributed by atoms with van der Waals surface area (Å²) in [7, 11) is 0. The van der Waals surface area contributed by atoms with Crippen LogP contribution in [0.2, 0.25) is 0 Å². The van der Waals surface area contributed by atoms with Gasteiger partial charge in [-0.15, -0.1) is 0 Å². The molecule has 0 aliphatic rings. The van der Waals surface area contributed by atoms with Gasteiger partial charge in [0.05, 0.1) is 5.39 Å². The fraction of sp³-hybridized carbons (Fsp3) is 0.500. The molecule has 0 aromatic carbocycles. The smallest absolute Gasteiger partial charge is 0.143 e. The molecule has 2 heterocycles. The SMILES string of the molecule is CC(C)Nc1nc(C(C)C)nc2[nH]ccc12. The normalized spacial score (nSPS) is 11.6. The van der Waals surface area contributed by atoms with Gasteiger partial charge in [0, 0.05) is 18.2 Å². The van der Waals surface area contributed by atoms with Gasteiger partial charge in [-0.25, -0.2) is 9.97 Å². The Balaban J connectivity index is 2.54. The Morgan fingerprint density at radius 3 is 2.56 bits per heavy atom. The highest BCUT2D eigenvalue weighted by Crippen LogP contribution is 2.22. The van der Waals surface area contributed by atoms with Gasteiger partial charge in [0.15, 0.2) is 0 Å². The Hall–Kier alpha value is -1.58. The van der Waals surface area contributed by atoms with E-state index in [1.165, 1.54) is 0 Å². The molecule has 0 fully saturated rings. The van der Waals surface area contributed by atoms with E-state index in [2.05, 4.69) is 48.0 Å². The third kappa shape index (κ3) is 2.01. The third-order valence-electron chi connectivity index (χ3n) is 2.37. The fourth-order valence-corrected chi connectivity index (χ4v) is 1.60. The second kappa shape index (κ2) is 4.12. The van der Waals surface area contributed by atoms with Crippen LogP contribution in [-0.2, 0) is 0 Å². The number of hydrogen-bond acceptors (Lipinski definition) is 3. The number of hydrogen-bond donors (Lipinski definition) is 2. The standard InChI is InChI=1S/C12H18N4/c1-7(2)10-15-11-9(5-6-13-11)12(16-10)14-8(3)4/h5-8H,1-4H3,(H2,13,14,15,16). The summed E-state index contributed by atoms with van der Waals surface area (Å²) in [4.78, 5) is 12.2. The lowest BCUT2D eigenvalue weighted by Gasteiger charge is -2.12. The molecule has 2 rings (SSSR count). The molecule has 0 amide bonds. The van der Waals surface area contributed by atoms with Crippen LogP contribution in [0.3, 0.4) is 0 Å². The van der Waals surface area contributed by atoms with E-state index < -0.39 is 0 Å². The topological polar surface area (TPSA) is 53.6 Å². The zero-order chi connectivity index (χ0) is 11.7. The number of nitrogens with zero attached hydrogens (tertiary/aromatic N) is 2. The minimum Gasteiger partial charge on any atom is -0.367 e. The summed E-state index contributed by atoms with van der Waals surface area (Å²) >= 11 is 0. The molecule has 4 nitrogen and oxygen atoms in total. The van der Waals surface area contributed by atoms with Crippen molar-refractivity contribution in [3.63, 3.8) is 0 Å². The molecule has 2 aromatic rings. The molecule has 16 heavy (non-hydrogen) atoms. The predicted molar refractivity (Wildman–Crippen MR) is 66.7 cm³/mol. The zero-order valence-electron chi connectivity index (χ0n) is 10.2. The average molecular weight is 218 g/mol. The molecular weight excluding hydrogens is 200 g/mol. The number of fused-ring (bicyclic) bond motifs is 1. The molecule has 0 spiro atoms. The summed E-state index contributed by atoms with van der Waals surface area (Å²) in [5.74, 6) is 2.13. The fourth-order valence-electron chi connectivity index (χ4n) is 1.60. The van der Waals surface area contributed by atoms with Gasteiger partial charge in [-0.2, -0.15) is 0 Å². The quantitative estimate of drug-likeness (QED) is 0.832. The molecule has 0 aliphatic carbocycles. The van der Waals surface area contributed by atoms with Gasteiger partial charge in [0.1, 0.15) is 17.3 Å². The highest BCUT2D eigenvalue weighted by molar-refractivity contribution is 5.87. The van der Waals surface area contributed by atoms with Crippen LogP contribution in [0, 0.1) is 0 Å². The first-order chi connectivity index (χ1) is 7.58. The van der Waals surface area contributed by atoms with Crippen LogP contribution in [0.15, 0.2) is 12.3 Å². The van der Waals surface area contributed by atoms with Crippen molar-refractivity contribution in [3.8, 4) is 0 Å². The van der Waals surface area contributed by atoms with E-state index in [0.29, 0.717) is 12.0 Å². The number of H-pyrrole nitrogens is 1. The molecule has 86 valence electrons. The van der Waals surface area contributed by atoms with Gasteiger partial charge >= 0.3 is 0 Å². The van der Waals surface area contributed by atoms with Crippen molar-refractivity contribution < 1.29 is 0 Å². The van der Waals surface area contributed by atoms with Gasteiger partial charge < -0.3 is 10.3 Å². The molecule has 2 N–H and O–H groups in total. The van der Waals surface area contributed by atoms with E-state index in [0.717, 1.165) is 22.7 Å². The summed E-state index contributed by atoms with van der Waals surface area (Å²) in [6, 6.07) is 2.37. The van der Waals surface area contributed by atoms with E-state index in [-0.39, 0.29) is 0 Å². The molecule has 0 saturated heterocycles. The minimum absolute atomic E-state index is 0.334. The average Bonchev–Trinajstić information content (AvgIpc) is 2.64. The maximum absolute atomic E-state index is 4.57. The first-order valence-electron chi connectivity index (χ1n) is 5.69. The molecule has 0 saturated carbocycles. The van der Waals surface area contributed by atoms with Crippen molar-refractivity contribution in [3.05, 3.63) is 18.1 Å². The third-order valence-corrected chi connectivity index (χ3v) is 2.37. The first-order valence-corrected chi connectivity index (χ1v) is 5.69. The van der Waals surface area contributed by atoms with Crippen LogP contribution in [0.4, 0.5) is 5.82 Å². The van der Waals surface area contributed by atoms with Gasteiger partial charge in [-0.05, 0) is 19.9 Å².